The first-order valence-corrected chi connectivity index (χ1v) is 8.84. The molecule has 2 atom stereocenters. The molecule has 0 aromatic heterocycles. The Balaban J connectivity index is 2.00. The maximum absolute atomic E-state index is 10.7. The highest BCUT2D eigenvalue weighted by Crippen LogP contribution is 2.51. The summed E-state index contributed by atoms with van der Waals surface area (Å²) < 4.78 is 6.31. The van der Waals surface area contributed by atoms with Crippen LogP contribution in [0.1, 0.15) is 64.0 Å². The van der Waals surface area contributed by atoms with Gasteiger partial charge in [-0.1, -0.05) is 43.6 Å². The van der Waals surface area contributed by atoms with E-state index < -0.39 is 0 Å². The van der Waals surface area contributed by atoms with Gasteiger partial charge in [-0.2, -0.15) is 0 Å². The van der Waals surface area contributed by atoms with Crippen molar-refractivity contribution in [2.45, 2.75) is 64.9 Å². The molecule has 0 fully saturated rings. The SMILES string of the molecule is CCCCCc1cc(O)c2c(c1)OC(C)(C)[C@@H]1C=CC(C)=C[C@@H]21. The van der Waals surface area contributed by atoms with Crippen molar-refractivity contribution in [2.24, 2.45) is 5.92 Å². The van der Waals surface area contributed by atoms with E-state index in [-0.39, 0.29) is 17.4 Å². The lowest BCUT2D eigenvalue weighted by Gasteiger charge is -2.44. The first kappa shape index (κ1) is 16.2. The van der Waals surface area contributed by atoms with Crippen molar-refractivity contribution in [1.82, 2.24) is 0 Å². The molecular weight excluding hydrogens is 284 g/mol. The van der Waals surface area contributed by atoms with Crippen LogP contribution >= 0.6 is 0 Å². The van der Waals surface area contributed by atoms with E-state index in [9.17, 15) is 5.11 Å². The van der Waals surface area contributed by atoms with Crippen LogP contribution in [-0.2, 0) is 6.42 Å². The van der Waals surface area contributed by atoms with Gasteiger partial charge in [-0.3, -0.25) is 0 Å². The first-order valence-electron chi connectivity index (χ1n) is 8.84. The second-order valence-electron chi connectivity index (χ2n) is 7.51. The predicted octanol–water partition coefficient (Wildman–Crippen LogP) is 5.51. The van der Waals surface area contributed by atoms with Gasteiger partial charge in [-0.05, 0) is 51.3 Å². The third-order valence-electron chi connectivity index (χ3n) is 5.15. The van der Waals surface area contributed by atoms with Crippen LogP contribution in [0.3, 0.4) is 0 Å². The van der Waals surface area contributed by atoms with E-state index in [2.05, 4.69) is 52.0 Å². The minimum atomic E-state index is -0.264. The molecule has 1 N–H and O–H groups in total. The number of unbranched alkanes of at least 4 members (excludes halogenated alkanes) is 2. The Morgan fingerprint density at radius 3 is 2.74 bits per heavy atom. The fourth-order valence-corrected chi connectivity index (χ4v) is 3.91. The van der Waals surface area contributed by atoms with Gasteiger partial charge in [0.15, 0.2) is 0 Å². The first-order chi connectivity index (χ1) is 10.9. The average molecular weight is 312 g/mol. The minimum Gasteiger partial charge on any atom is -0.507 e. The largest absolute Gasteiger partial charge is 0.507 e. The summed E-state index contributed by atoms with van der Waals surface area (Å²) in [6.45, 7) is 8.62. The predicted molar refractivity (Wildman–Crippen MR) is 95.2 cm³/mol. The maximum Gasteiger partial charge on any atom is 0.127 e. The van der Waals surface area contributed by atoms with E-state index in [1.54, 1.807) is 0 Å². The summed E-state index contributed by atoms with van der Waals surface area (Å²) in [4.78, 5) is 0. The standard InChI is InChI=1S/C21H28O2/c1-5-6-7-8-15-12-18(22)20-16-11-14(2)9-10-17(16)21(3,4)23-19(20)13-15/h9-13,16-17,22H,5-8H2,1-4H3/t16-,17-/m1/s1. The zero-order valence-corrected chi connectivity index (χ0v) is 14.7. The van der Waals surface area contributed by atoms with Crippen LogP contribution in [0.5, 0.6) is 11.5 Å². The third-order valence-corrected chi connectivity index (χ3v) is 5.15. The highest BCUT2D eigenvalue weighted by Gasteiger charge is 2.43. The molecule has 2 aliphatic rings. The van der Waals surface area contributed by atoms with Crippen molar-refractivity contribution in [3.05, 3.63) is 47.1 Å². The maximum atomic E-state index is 10.7. The van der Waals surface area contributed by atoms with Gasteiger partial charge in [-0.15, -0.1) is 0 Å². The molecule has 0 bridgehead atoms. The number of ether oxygens (including phenoxy) is 1. The molecule has 3 rings (SSSR count). The molecule has 1 aliphatic heterocycles. The van der Waals surface area contributed by atoms with Crippen molar-refractivity contribution in [1.29, 1.82) is 0 Å². The van der Waals surface area contributed by atoms with Crippen LogP contribution < -0.4 is 4.74 Å². The van der Waals surface area contributed by atoms with E-state index in [0.29, 0.717) is 5.75 Å². The topological polar surface area (TPSA) is 29.5 Å². The van der Waals surface area contributed by atoms with Crippen molar-refractivity contribution in [3.63, 3.8) is 0 Å². The number of fused-ring (bicyclic) bond motifs is 3. The van der Waals surface area contributed by atoms with E-state index in [0.717, 1.165) is 24.2 Å². The second-order valence-corrected chi connectivity index (χ2v) is 7.51. The summed E-state index contributed by atoms with van der Waals surface area (Å²) in [6.07, 6.45) is 11.3. The van der Waals surface area contributed by atoms with Crippen LogP contribution in [0.25, 0.3) is 0 Å². The Labute approximate surface area is 139 Å². The molecule has 0 saturated heterocycles. The number of aromatic hydroxyl groups is 1. The number of phenolic OH excluding ortho intramolecular Hbond substituents is 1. The summed E-state index contributed by atoms with van der Waals surface area (Å²) in [5.41, 5.74) is 3.12. The number of rotatable bonds is 4. The van der Waals surface area contributed by atoms with Crippen molar-refractivity contribution in [3.8, 4) is 11.5 Å². The zero-order chi connectivity index (χ0) is 16.6. The van der Waals surface area contributed by atoms with Crippen molar-refractivity contribution < 1.29 is 9.84 Å². The molecular formula is C21H28O2. The Morgan fingerprint density at radius 2 is 2.00 bits per heavy atom. The fourth-order valence-electron chi connectivity index (χ4n) is 3.91. The van der Waals surface area contributed by atoms with E-state index >= 15 is 0 Å². The van der Waals surface area contributed by atoms with Gasteiger partial charge in [0, 0.05) is 17.4 Å². The van der Waals surface area contributed by atoms with Gasteiger partial charge in [0.05, 0.1) is 0 Å². The van der Waals surface area contributed by atoms with Crippen LogP contribution in [-0.4, -0.2) is 10.7 Å². The van der Waals surface area contributed by atoms with Gasteiger partial charge in [0.1, 0.15) is 17.1 Å². The van der Waals surface area contributed by atoms with Gasteiger partial charge in [0.2, 0.25) is 0 Å². The minimum absolute atomic E-state index is 0.198. The molecule has 0 amide bonds. The summed E-state index contributed by atoms with van der Waals surface area (Å²) in [5, 5.41) is 10.7. The van der Waals surface area contributed by atoms with Crippen LogP contribution in [0.15, 0.2) is 35.9 Å². The van der Waals surface area contributed by atoms with Gasteiger partial charge in [-0.25, -0.2) is 0 Å². The number of hydrogen-bond donors (Lipinski definition) is 1. The summed E-state index contributed by atoms with van der Waals surface area (Å²) in [5.74, 6) is 1.71. The molecule has 2 nitrogen and oxygen atoms in total. The molecule has 0 saturated carbocycles. The Morgan fingerprint density at radius 1 is 1.22 bits per heavy atom. The number of benzene rings is 1. The lowest BCUT2D eigenvalue weighted by molar-refractivity contribution is 0.0386. The lowest BCUT2D eigenvalue weighted by Crippen LogP contribution is -2.43. The highest BCUT2D eigenvalue weighted by atomic mass is 16.5. The van der Waals surface area contributed by atoms with E-state index in [1.165, 1.54) is 24.0 Å². The monoisotopic (exact) mass is 312 g/mol. The van der Waals surface area contributed by atoms with Crippen LogP contribution in [0.2, 0.25) is 0 Å². The molecule has 23 heavy (non-hydrogen) atoms. The van der Waals surface area contributed by atoms with Crippen LogP contribution in [0.4, 0.5) is 0 Å². The lowest BCUT2D eigenvalue weighted by atomic mass is 9.71. The number of phenols is 1. The molecule has 1 aromatic rings. The van der Waals surface area contributed by atoms with Gasteiger partial charge < -0.3 is 9.84 Å². The Bertz CT molecular complexity index is 652. The number of aryl methyl sites for hydroxylation is 1. The molecule has 0 unspecified atom stereocenters. The Kier molecular flexibility index (Phi) is 4.27. The van der Waals surface area contributed by atoms with E-state index in [1.807, 2.05) is 6.07 Å². The summed E-state index contributed by atoms with van der Waals surface area (Å²) >= 11 is 0. The second kappa shape index (κ2) is 6.07. The number of hydrogen-bond acceptors (Lipinski definition) is 2. The smallest absolute Gasteiger partial charge is 0.127 e. The molecule has 1 aliphatic carbocycles. The molecule has 124 valence electrons. The van der Waals surface area contributed by atoms with Crippen molar-refractivity contribution in [2.75, 3.05) is 0 Å². The number of allylic oxidation sites excluding steroid dienone is 3. The zero-order valence-electron chi connectivity index (χ0n) is 14.7. The third kappa shape index (κ3) is 3.04. The van der Waals surface area contributed by atoms with Gasteiger partial charge >= 0.3 is 0 Å². The summed E-state index contributed by atoms with van der Waals surface area (Å²) in [6, 6.07) is 4.08. The molecule has 0 radical (unpaired) electrons. The molecule has 0 spiro atoms. The fraction of sp³-hybridized carbons (Fsp3) is 0.524. The molecule has 1 heterocycles. The van der Waals surface area contributed by atoms with Crippen molar-refractivity contribution >= 4 is 0 Å². The normalized spacial score (nSPS) is 24.4. The van der Waals surface area contributed by atoms with Crippen LogP contribution in [0, 0.1) is 5.92 Å². The summed E-state index contributed by atoms with van der Waals surface area (Å²) in [7, 11) is 0. The average Bonchev–Trinajstić information content (AvgIpc) is 2.46. The van der Waals surface area contributed by atoms with Gasteiger partial charge in [0.25, 0.3) is 0 Å². The molecule has 2 heteroatoms. The quantitative estimate of drug-likeness (QED) is 0.743. The molecule has 1 aromatic carbocycles. The Hall–Kier alpha value is -1.70. The van der Waals surface area contributed by atoms with E-state index in [4.69, 9.17) is 4.74 Å². The highest BCUT2D eigenvalue weighted by molar-refractivity contribution is 5.55.